The maximum absolute atomic E-state index is 13.0. The number of nitrogens with one attached hydrogen (secondary N) is 1. The molecule has 7 nitrogen and oxygen atoms in total. The van der Waals surface area contributed by atoms with Crippen LogP contribution in [-0.4, -0.2) is 58.1 Å². The third kappa shape index (κ3) is 6.81. The van der Waals surface area contributed by atoms with Gasteiger partial charge in [0.25, 0.3) is 5.91 Å². The van der Waals surface area contributed by atoms with Gasteiger partial charge in [-0.1, -0.05) is 102 Å². The van der Waals surface area contributed by atoms with Crippen LogP contribution < -0.4 is 10.2 Å². The Morgan fingerprint density at radius 1 is 0.925 bits per heavy atom. The molecule has 0 bridgehead atoms. The van der Waals surface area contributed by atoms with Gasteiger partial charge < -0.3 is 15.1 Å². The lowest BCUT2D eigenvalue weighted by Crippen LogP contribution is -2.54. The van der Waals surface area contributed by atoms with E-state index in [0.717, 1.165) is 11.1 Å². The van der Waals surface area contributed by atoms with E-state index in [4.69, 9.17) is 16.6 Å². The number of hydrogen-bond donors (Lipinski definition) is 1. The number of aromatic nitrogens is 2. The van der Waals surface area contributed by atoms with Crippen molar-refractivity contribution in [3.8, 4) is 0 Å². The lowest BCUT2D eigenvalue weighted by Gasteiger charge is -2.40. The van der Waals surface area contributed by atoms with E-state index >= 15 is 0 Å². The summed E-state index contributed by atoms with van der Waals surface area (Å²) in [6.45, 7) is 3.84. The molecule has 0 aliphatic carbocycles. The van der Waals surface area contributed by atoms with Gasteiger partial charge in [0, 0.05) is 37.3 Å². The van der Waals surface area contributed by atoms with Crippen LogP contribution in [0.2, 0.25) is 5.15 Å². The number of hydrogen-bond acceptors (Lipinski definition) is 6. The van der Waals surface area contributed by atoms with Crippen molar-refractivity contribution in [3.05, 3.63) is 119 Å². The number of rotatable bonds is 8. The molecule has 204 valence electrons. The van der Waals surface area contributed by atoms with Gasteiger partial charge in [0.05, 0.1) is 11.8 Å². The number of halogens is 1. The molecule has 0 spiro atoms. The highest BCUT2D eigenvalue weighted by Gasteiger charge is 2.29. The molecule has 1 atom stereocenters. The molecule has 1 aliphatic rings. The summed E-state index contributed by atoms with van der Waals surface area (Å²) in [4.78, 5) is 39.1. The summed E-state index contributed by atoms with van der Waals surface area (Å²) in [6, 6.07) is 30.6. The van der Waals surface area contributed by atoms with Gasteiger partial charge in [-0.15, -0.1) is 0 Å². The normalized spacial score (nSPS) is 15.2. The molecule has 0 unspecified atom stereocenters. The molecule has 5 rings (SSSR count). The highest BCUT2D eigenvalue weighted by molar-refractivity contribution is 7.99. The van der Waals surface area contributed by atoms with Crippen molar-refractivity contribution in [2.45, 2.75) is 24.2 Å². The van der Waals surface area contributed by atoms with E-state index in [1.807, 2.05) is 103 Å². The average molecular weight is 572 g/mol. The topological polar surface area (TPSA) is 78.4 Å². The van der Waals surface area contributed by atoms with Crippen molar-refractivity contribution >= 4 is 41.0 Å². The molecule has 1 saturated heterocycles. The van der Waals surface area contributed by atoms with Gasteiger partial charge in [-0.2, -0.15) is 0 Å². The molecule has 4 aromatic rings. The number of carbonyl (C=O) groups is 2. The number of nitrogens with zero attached hydrogens (tertiary/aromatic N) is 4. The monoisotopic (exact) mass is 571 g/mol. The Hall–Kier alpha value is -3.88. The lowest BCUT2D eigenvalue weighted by molar-refractivity contribution is -0.119. The van der Waals surface area contributed by atoms with Gasteiger partial charge in [0.2, 0.25) is 5.91 Å². The minimum atomic E-state index is -0.261. The van der Waals surface area contributed by atoms with Crippen LogP contribution in [0.5, 0.6) is 0 Å². The third-order valence-corrected chi connectivity index (χ3v) is 7.84. The van der Waals surface area contributed by atoms with Crippen molar-refractivity contribution in [1.82, 2.24) is 20.2 Å². The Morgan fingerprint density at radius 2 is 1.52 bits per heavy atom. The second-order valence-electron chi connectivity index (χ2n) is 9.60. The van der Waals surface area contributed by atoms with Crippen LogP contribution in [0, 0.1) is 0 Å². The summed E-state index contributed by atoms with van der Waals surface area (Å²) in [6.07, 6.45) is 0. The second-order valence-corrected chi connectivity index (χ2v) is 10.9. The molecule has 1 fully saturated rings. The summed E-state index contributed by atoms with van der Waals surface area (Å²) in [5, 5.41) is 3.90. The highest BCUT2D eigenvalue weighted by Crippen LogP contribution is 2.26. The zero-order valence-electron chi connectivity index (χ0n) is 22.1. The van der Waals surface area contributed by atoms with Crippen molar-refractivity contribution < 1.29 is 9.59 Å². The van der Waals surface area contributed by atoms with Crippen LogP contribution in [-0.2, 0) is 4.79 Å². The summed E-state index contributed by atoms with van der Waals surface area (Å²) < 4.78 is 0. The molecule has 1 N–H and O–H groups in total. The number of thioether (sulfide) groups is 1. The number of amides is 2. The summed E-state index contributed by atoms with van der Waals surface area (Å²) in [5.74, 6) is 0.730. The minimum Gasteiger partial charge on any atom is -0.353 e. The average Bonchev–Trinajstić information content (AvgIpc) is 2.99. The SMILES string of the molecule is C[C@@H]1CN(c2cc(Cl)nc(SCC(=O)NC(c3ccccc3)c3ccccc3)n2)CCN1C(=O)c1ccccc1. The van der Waals surface area contributed by atoms with Crippen LogP contribution in [0.1, 0.15) is 34.5 Å². The van der Waals surface area contributed by atoms with Gasteiger partial charge in [-0.3, -0.25) is 9.59 Å². The molecule has 9 heteroatoms. The largest absolute Gasteiger partial charge is 0.353 e. The van der Waals surface area contributed by atoms with Crippen LogP contribution >= 0.6 is 23.4 Å². The number of anilines is 1. The molecule has 1 aromatic heterocycles. The third-order valence-electron chi connectivity index (χ3n) is 6.80. The molecule has 2 amide bonds. The number of piperazine rings is 1. The Labute approximate surface area is 243 Å². The van der Waals surface area contributed by atoms with Crippen LogP contribution in [0.4, 0.5) is 5.82 Å². The second kappa shape index (κ2) is 13.0. The summed E-state index contributed by atoms with van der Waals surface area (Å²) >= 11 is 7.62. The first kappa shape index (κ1) is 27.7. The van der Waals surface area contributed by atoms with Gasteiger partial charge in [0.15, 0.2) is 5.16 Å². The zero-order chi connectivity index (χ0) is 27.9. The first-order chi connectivity index (χ1) is 19.5. The van der Waals surface area contributed by atoms with Crippen molar-refractivity contribution in [3.63, 3.8) is 0 Å². The Balaban J connectivity index is 1.22. The van der Waals surface area contributed by atoms with Crippen LogP contribution in [0.25, 0.3) is 0 Å². The number of carbonyl (C=O) groups excluding carboxylic acids is 2. The van der Waals surface area contributed by atoms with E-state index < -0.39 is 0 Å². The summed E-state index contributed by atoms with van der Waals surface area (Å²) in [5.41, 5.74) is 2.70. The van der Waals surface area contributed by atoms with Crippen LogP contribution in [0.3, 0.4) is 0 Å². The predicted octanol–water partition coefficient (Wildman–Crippen LogP) is 5.48. The maximum atomic E-state index is 13.0. The van der Waals surface area contributed by atoms with Crippen LogP contribution in [0.15, 0.2) is 102 Å². The molecular weight excluding hydrogens is 542 g/mol. The molecule has 2 heterocycles. The molecule has 40 heavy (non-hydrogen) atoms. The zero-order valence-corrected chi connectivity index (χ0v) is 23.7. The van der Waals surface area contributed by atoms with E-state index in [2.05, 4.69) is 15.2 Å². The Morgan fingerprint density at radius 3 is 2.12 bits per heavy atom. The fourth-order valence-electron chi connectivity index (χ4n) is 4.81. The predicted molar refractivity (Wildman–Crippen MR) is 160 cm³/mol. The van der Waals surface area contributed by atoms with Gasteiger partial charge in [0.1, 0.15) is 11.0 Å². The van der Waals surface area contributed by atoms with Crippen molar-refractivity contribution in [1.29, 1.82) is 0 Å². The van der Waals surface area contributed by atoms with Gasteiger partial charge >= 0.3 is 0 Å². The van der Waals surface area contributed by atoms with E-state index in [-0.39, 0.29) is 29.7 Å². The van der Waals surface area contributed by atoms with Crippen molar-refractivity contribution in [2.75, 3.05) is 30.3 Å². The quantitative estimate of drug-likeness (QED) is 0.171. The first-order valence-electron chi connectivity index (χ1n) is 13.2. The van der Waals surface area contributed by atoms with E-state index in [9.17, 15) is 9.59 Å². The fraction of sp³-hybridized carbons (Fsp3) is 0.226. The highest BCUT2D eigenvalue weighted by atomic mass is 35.5. The molecular formula is C31H30ClN5O2S. The van der Waals surface area contributed by atoms with Gasteiger partial charge in [-0.05, 0) is 30.2 Å². The van der Waals surface area contributed by atoms with Gasteiger partial charge in [-0.25, -0.2) is 9.97 Å². The maximum Gasteiger partial charge on any atom is 0.254 e. The molecule has 1 aliphatic heterocycles. The smallest absolute Gasteiger partial charge is 0.254 e. The minimum absolute atomic E-state index is 0.00927. The lowest BCUT2D eigenvalue weighted by atomic mass is 9.99. The standard InChI is InChI=1S/C31H30ClN5O2S/c1-22-20-36(17-18-37(22)30(39)25-15-9-4-10-16-25)27-19-26(32)33-31(34-27)40-21-28(38)35-29(23-11-5-2-6-12-23)24-13-7-3-8-14-24/h2-16,19,22,29H,17-18,20-21H2,1H3,(H,35,38)/t22-/m1/s1. The fourth-order valence-corrected chi connectivity index (χ4v) is 5.70. The van der Waals surface area contributed by atoms with E-state index in [0.29, 0.717) is 41.3 Å². The summed E-state index contributed by atoms with van der Waals surface area (Å²) in [7, 11) is 0. The molecule has 3 aromatic carbocycles. The Bertz CT molecular complexity index is 1400. The van der Waals surface area contributed by atoms with Crippen molar-refractivity contribution in [2.24, 2.45) is 0 Å². The van der Waals surface area contributed by atoms with E-state index in [1.165, 1.54) is 11.8 Å². The molecule has 0 saturated carbocycles. The Kier molecular flexibility index (Phi) is 8.98. The first-order valence-corrected chi connectivity index (χ1v) is 14.5. The number of benzene rings is 3. The molecule has 0 radical (unpaired) electrons. The van der Waals surface area contributed by atoms with E-state index in [1.54, 1.807) is 6.07 Å².